The Kier molecular flexibility index (Phi) is 8.50. The molecule has 2 heterocycles. The topological polar surface area (TPSA) is 51.8 Å². The van der Waals surface area contributed by atoms with E-state index < -0.39 is 0 Å². The van der Waals surface area contributed by atoms with Crippen LogP contribution in [0.3, 0.4) is 0 Å². The fourth-order valence-electron chi connectivity index (χ4n) is 9.80. The van der Waals surface area contributed by atoms with Crippen molar-refractivity contribution in [3.05, 3.63) is 224 Å². The van der Waals surface area contributed by atoms with E-state index in [2.05, 4.69) is 164 Å². The summed E-state index contributed by atoms with van der Waals surface area (Å²) >= 11 is 0. The van der Waals surface area contributed by atoms with Gasteiger partial charge in [0.15, 0.2) is 17.5 Å². The molecule has 0 amide bonds. The highest BCUT2D eigenvalue weighted by molar-refractivity contribution is 6.26. The van der Waals surface area contributed by atoms with Gasteiger partial charge in [0.25, 0.3) is 0 Å². The minimum atomic E-state index is 0.629. The molecule has 0 spiro atoms. The first kappa shape index (κ1) is 36.9. The summed E-state index contributed by atoms with van der Waals surface area (Å²) in [5, 5.41) is 12.0. The predicted octanol–water partition coefficient (Wildman–Crippen LogP) is 16.4. The summed E-state index contributed by atoms with van der Waals surface area (Å²) in [4.78, 5) is 14.9. The largest absolute Gasteiger partial charge is 0.455 e. The van der Waals surface area contributed by atoms with Crippen LogP contribution in [0.15, 0.2) is 229 Å². The maximum atomic E-state index is 7.02. The van der Waals surface area contributed by atoms with Crippen molar-refractivity contribution in [3.8, 4) is 67.5 Å². The third-order valence-corrected chi connectivity index (χ3v) is 12.9. The molecular formula is C61H37N3O. The Morgan fingerprint density at radius 3 is 1.26 bits per heavy atom. The fraction of sp³-hybridized carbons (Fsp3) is 0. The second-order valence-electron chi connectivity index (χ2n) is 16.7. The highest BCUT2D eigenvalue weighted by atomic mass is 16.3. The molecule has 0 bridgehead atoms. The molecule has 13 rings (SSSR count). The average molecular weight is 828 g/mol. The van der Waals surface area contributed by atoms with Crippen molar-refractivity contribution >= 4 is 65.0 Å². The summed E-state index contributed by atoms with van der Waals surface area (Å²) in [6, 6.07) is 79.4. The predicted molar refractivity (Wildman–Crippen MR) is 270 cm³/mol. The van der Waals surface area contributed by atoms with E-state index in [1.807, 2.05) is 60.7 Å². The third kappa shape index (κ3) is 6.18. The number of fused-ring (bicyclic) bond motifs is 11. The summed E-state index contributed by atoms with van der Waals surface area (Å²) in [6.45, 7) is 0. The van der Waals surface area contributed by atoms with Gasteiger partial charge >= 0.3 is 0 Å². The Morgan fingerprint density at radius 2 is 0.631 bits per heavy atom. The smallest absolute Gasteiger partial charge is 0.164 e. The molecule has 0 radical (unpaired) electrons. The molecule has 11 aromatic carbocycles. The SMILES string of the molecule is c1ccc(-c2nc(-c3ccccc3)nc(-c3cccc(-c4cccc(-c5cc6c7cccc(-c8ccc9c%10ccccc%10c%10ccccc%10c9c8)c7oc6c6ccccc56)c4)c3)n2)cc1. The minimum Gasteiger partial charge on any atom is -0.455 e. The molecule has 0 saturated carbocycles. The van der Waals surface area contributed by atoms with Crippen molar-refractivity contribution in [2.45, 2.75) is 0 Å². The van der Waals surface area contributed by atoms with Crippen LogP contribution in [0.25, 0.3) is 133 Å². The Labute approximate surface area is 374 Å². The van der Waals surface area contributed by atoms with Gasteiger partial charge in [0, 0.05) is 38.4 Å². The van der Waals surface area contributed by atoms with Gasteiger partial charge in [-0.25, -0.2) is 15.0 Å². The molecule has 65 heavy (non-hydrogen) atoms. The van der Waals surface area contributed by atoms with Crippen molar-refractivity contribution in [2.75, 3.05) is 0 Å². The molecule has 0 aliphatic carbocycles. The van der Waals surface area contributed by atoms with Crippen molar-refractivity contribution < 1.29 is 4.42 Å². The summed E-state index contributed by atoms with van der Waals surface area (Å²) < 4.78 is 7.02. The summed E-state index contributed by atoms with van der Waals surface area (Å²) in [6.07, 6.45) is 0. The zero-order chi connectivity index (χ0) is 42.8. The lowest BCUT2D eigenvalue weighted by Gasteiger charge is -2.12. The van der Waals surface area contributed by atoms with Crippen molar-refractivity contribution in [3.63, 3.8) is 0 Å². The lowest BCUT2D eigenvalue weighted by atomic mass is 9.91. The standard InChI is InChI=1S/C61H37N3O/c1-3-16-38(17-4-1)59-62-60(39-18-5-2-6-19-39)64-61(63-59)44-23-14-21-41(35-44)40-20-13-22-42(34-40)54-37-56-53-31-15-30-45(57(53)65-58(56)52-29-12-11-28-50(52)54)43-32-33-51-48-26-8-7-24-46(48)47-25-9-10-27-49(47)55(51)36-43/h1-37H. The molecule has 0 aliphatic heterocycles. The van der Waals surface area contributed by atoms with Gasteiger partial charge in [0.2, 0.25) is 0 Å². The Bertz CT molecular complexity index is 3910. The minimum absolute atomic E-state index is 0.629. The van der Waals surface area contributed by atoms with E-state index >= 15 is 0 Å². The molecule has 0 fully saturated rings. The number of para-hydroxylation sites is 1. The molecule has 2 aromatic heterocycles. The van der Waals surface area contributed by atoms with E-state index in [0.717, 1.165) is 82.8 Å². The lowest BCUT2D eigenvalue weighted by molar-refractivity contribution is 0.674. The van der Waals surface area contributed by atoms with Gasteiger partial charge in [-0.15, -0.1) is 0 Å². The number of benzene rings is 11. The lowest BCUT2D eigenvalue weighted by Crippen LogP contribution is -2.00. The molecular weight excluding hydrogens is 791 g/mol. The molecule has 0 aliphatic rings. The van der Waals surface area contributed by atoms with Gasteiger partial charge in [-0.1, -0.05) is 200 Å². The summed E-state index contributed by atoms with van der Waals surface area (Å²) in [5.41, 5.74) is 11.3. The van der Waals surface area contributed by atoms with E-state index in [1.54, 1.807) is 0 Å². The zero-order valence-electron chi connectivity index (χ0n) is 35.1. The van der Waals surface area contributed by atoms with Gasteiger partial charge in [0.1, 0.15) is 11.2 Å². The maximum absolute atomic E-state index is 7.02. The Hall–Kier alpha value is -8.73. The molecule has 13 aromatic rings. The molecule has 302 valence electrons. The van der Waals surface area contributed by atoms with Gasteiger partial charge in [-0.2, -0.15) is 0 Å². The molecule has 0 N–H and O–H groups in total. The monoisotopic (exact) mass is 827 g/mol. The Balaban J connectivity index is 0.931. The Morgan fingerprint density at radius 1 is 0.215 bits per heavy atom. The molecule has 4 nitrogen and oxygen atoms in total. The van der Waals surface area contributed by atoms with Crippen LogP contribution in [0.1, 0.15) is 0 Å². The van der Waals surface area contributed by atoms with Crippen LogP contribution in [-0.4, -0.2) is 15.0 Å². The molecule has 0 saturated heterocycles. The van der Waals surface area contributed by atoms with E-state index in [0.29, 0.717) is 17.5 Å². The number of aromatic nitrogens is 3. The van der Waals surface area contributed by atoms with Gasteiger partial charge in [-0.3, -0.25) is 0 Å². The number of nitrogens with zero attached hydrogens (tertiary/aromatic N) is 3. The number of hydrogen-bond acceptors (Lipinski definition) is 4. The molecule has 0 atom stereocenters. The van der Waals surface area contributed by atoms with Crippen molar-refractivity contribution in [1.29, 1.82) is 0 Å². The van der Waals surface area contributed by atoms with Crippen LogP contribution in [0.2, 0.25) is 0 Å². The van der Waals surface area contributed by atoms with E-state index in [4.69, 9.17) is 19.4 Å². The van der Waals surface area contributed by atoms with Crippen LogP contribution >= 0.6 is 0 Å². The summed E-state index contributed by atoms with van der Waals surface area (Å²) in [7, 11) is 0. The van der Waals surface area contributed by atoms with E-state index in [1.165, 1.54) is 32.3 Å². The molecule has 4 heteroatoms. The highest BCUT2D eigenvalue weighted by Gasteiger charge is 2.19. The van der Waals surface area contributed by atoms with Crippen molar-refractivity contribution in [1.82, 2.24) is 15.0 Å². The van der Waals surface area contributed by atoms with E-state index in [9.17, 15) is 0 Å². The van der Waals surface area contributed by atoms with Crippen LogP contribution in [0.4, 0.5) is 0 Å². The first-order valence-electron chi connectivity index (χ1n) is 22.0. The normalized spacial score (nSPS) is 11.7. The van der Waals surface area contributed by atoms with Crippen LogP contribution < -0.4 is 0 Å². The third-order valence-electron chi connectivity index (χ3n) is 12.9. The van der Waals surface area contributed by atoms with Gasteiger partial charge < -0.3 is 4.42 Å². The molecule has 0 unspecified atom stereocenters. The first-order chi connectivity index (χ1) is 32.2. The van der Waals surface area contributed by atoms with E-state index in [-0.39, 0.29) is 0 Å². The number of hydrogen-bond donors (Lipinski definition) is 0. The first-order valence-corrected chi connectivity index (χ1v) is 22.0. The second kappa shape index (κ2) is 15.0. The quantitative estimate of drug-likeness (QED) is 0.157. The maximum Gasteiger partial charge on any atom is 0.164 e. The number of rotatable bonds is 6. The van der Waals surface area contributed by atoms with Crippen molar-refractivity contribution in [2.24, 2.45) is 0 Å². The van der Waals surface area contributed by atoms with Gasteiger partial charge in [0.05, 0.1) is 0 Å². The fourth-order valence-corrected chi connectivity index (χ4v) is 9.80. The van der Waals surface area contributed by atoms with Gasteiger partial charge in [-0.05, 0) is 89.8 Å². The summed E-state index contributed by atoms with van der Waals surface area (Å²) in [5.74, 6) is 1.91. The highest BCUT2D eigenvalue weighted by Crippen LogP contribution is 2.44. The average Bonchev–Trinajstić information content (AvgIpc) is 3.78. The zero-order valence-corrected chi connectivity index (χ0v) is 35.1. The second-order valence-corrected chi connectivity index (χ2v) is 16.7. The van der Waals surface area contributed by atoms with Crippen LogP contribution in [-0.2, 0) is 0 Å². The number of furan rings is 1. The van der Waals surface area contributed by atoms with Crippen LogP contribution in [0, 0.1) is 0 Å². The van der Waals surface area contributed by atoms with Crippen LogP contribution in [0.5, 0.6) is 0 Å².